The van der Waals surface area contributed by atoms with Crippen LogP contribution in [-0.2, 0) is 72.8 Å². The molecular weight excluding hydrogens is 1690 g/mol. The fourth-order valence-electron chi connectivity index (χ4n) is 14.1. The first-order valence-corrected chi connectivity index (χ1v) is 48.1. The number of hydrogen-bond donors (Lipinski definition) is 2. The van der Waals surface area contributed by atoms with Crippen molar-refractivity contribution in [2.45, 2.75) is 370 Å². The SMILES string of the molecule is CC(C)(C)c1c(Cl)cccc1Cl.CC(C)(C)c1ccccc1CO.Cc1ccc(C(C)(C)C)c(Cl)c1.Cc1ccc(C(C)(C)C)c(F)c1.Cc1ccc(C(C)(C)C)cc1.Cc1ccc(C(C)(C)C)cc1Cl.Cc1ccc(CO)c(C(C)(C)C)c1.Cc1cccc(C(C)(C)C)c1.Cc1cccc(C(C)(C)C)c1.Cc1cccc(C(C)(C)C)c1Cl.Cc1cccc(C)c1C(C)(C)C. The first-order chi connectivity index (χ1) is 59.0. The minimum Gasteiger partial charge on any atom is -0.392 e. The minimum atomic E-state index is -0.0994. The van der Waals surface area contributed by atoms with Crippen LogP contribution in [-0.4, -0.2) is 10.2 Å². The van der Waals surface area contributed by atoms with Crippen LogP contribution < -0.4 is 0 Å². The van der Waals surface area contributed by atoms with E-state index < -0.39 is 0 Å². The summed E-state index contributed by atoms with van der Waals surface area (Å²) in [6.07, 6.45) is 0. The molecule has 0 aliphatic carbocycles. The Morgan fingerprint density at radius 1 is 0.208 bits per heavy atom. The lowest BCUT2D eigenvalue weighted by atomic mass is 9.81. The second kappa shape index (κ2) is 52.0. The smallest absolute Gasteiger partial charge is 0.127 e. The van der Waals surface area contributed by atoms with Crippen molar-refractivity contribution in [3.8, 4) is 0 Å². The molecule has 0 atom stereocenters. The molecule has 0 heterocycles. The van der Waals surface area contributed by atoms with Gasteiger partial charge in [0.15, 0.2) is 0 Å². The summed E-state index contributed by atoms with van der Waals surface area (Å²) in [5.41, 5.74) is 30.1. The van der Waals surface area contributed by atoms with Crippen LogP contribution in [0.15, 0.2) is 224 Å². The summed E-state index contributed by atoms with van der Waals surface area (Å²) >= 11 is 30.4. The second-order valence-electron chi connectivity index (χ2n) is 46.2. The Kier molecular flexibility index (Phi) is 48.3. The number of aryl methyl sites for hydroxylation is 10. The molecule has 2 N–H and O–H groups in total. The van der Waals surface area contributed by atoms with E-state index in [1.165, 1.54) is 89.0 Å². The van der Waals surface area contributed by atoms with E-state index in [4.69, 9.17) is 63.1 Å². The molecule has 0 fully saturated rings. The standard InChI is InChI=1S/C12H18O.C12H18.3C11H15Cl.C11H15F.C11H16O.3C11H16.C10H12Cl2/c1-9-5-6-10(8-13)11(7-9)12(2,3)4;1-9-7-6-8-10(2)11(9)12(3,4)5;1-8-5-6-9(7-10(8)12)11(2,3)4;1-8-5-6-9(10(12)7-8)11(2,3)4;1-8-6-5-7-9(10(8)12)11(2,3)4;1-8-5-6-9(10(12)7-8)11(2,3)4;1-11(2,3)10-7-5-4-6-9(10)8-12;1-9-5-7-10(8-6-9)11(2,3)4;2*1-9-6-5-7-10(8-9)11(2,3)4;1-10(2,3)9-7(11)5-4-6-8(9)12/h5-7,13H,8H2,1-4H3;6-8H,1-5H3;4*5-7H,1-4H3;4-7,12H,8H2,1-3H3;3*5-8H,1-4H3;4-6H,1-3H3. The lowest BCUT2D eigenvalue weighted by Crippen LogP contribution is -2.14. The summed E-state index contributed by atoms with van der Waals surface area (Å²) in [5, 5.41) is 22.4. The van der Waals surface area contributed by atoms with Crippen molar-refractivity contribution in [2.75, 3.05) is 0 Å². The van der Waals surface area contributed by atoms with E-state index in [1.807, 2.05) is 114 Å². The fraction of sp³-hybridized carbons (Fsp3) is 0.459. The lowest BCUT2D eigenvalue weighted by Gasteiger charge is -2.23. The molecule has 0 aliphatic rings. The third kappa shape index (κ3) is 44.3. The van der Waals surface area contributed by atoms with Gasteiger partial charge in [0.05, 0.1) is 13.2 Å². The average molecular weight is 1870 g/mol. The van der Waals surface area contributed by atoms with Gasteiger partial charge in [-0.1, -0.05) is 503 Å². The Morgan fingerprint density at radius 2 is 0.531 bits per heavy atom. The first kappa shape index (κ1) is 121. The Morgan fingerprint density at radius 3 is 0.869 bits per heavy atom. The van der Waals surface area contributed by atoms with Gasteiger partial charge in [-0.25, -0.2) is 4.39 Å². The van der Waals surface area contributed by atoms with E-state index in [2.05, 4.69) is 402 Å². The maximum absolute atomic E-state index is 13.3. The van der Waals surface area contributed by atoms with E-state index in [0.717, 1.165) is 64.1 Å². The molecule has 11 rings (SSSR count). The third-order valence-corrected chi connectivity index (χ3v) is 23.6. The molecule has 8 heteroatoms. The van der Waals surface area contributed by atoms with Crippen molar-refractivity contribution < 1.29 is 14.6 Å². The Hall–Kier alpha value is -7.28. The van der Waals surface area contributed by atoms with E-state index in [9.17, 15) is 9.50 Å². The first-order valence-electron chi connectivity index (χ1n) is 46.2. The monoisotopic (exact) mass is 1860 g/mol. The van der Waals surface area contributed by atoms with Crippen molar-refractivity contribution in [2.24, 2.45) is 0 Å². The fourth-order valence-corrected chi connectivity index (χ4v) is 16.2. The predicted molar refractivity (Wildman–Crippen MR) is 581 cm³/mol. The van der Waals surface area contributed by atoms with E-state index in [1.54, 1.807) is 6.07 Å². The summed E-state index contributed by atoms with van der Waals surface area (Å²) in [4.78, 5) is 0. The molecule has 0 aliphatic heterocycles. The van der Waals surface area contributed by atoms with E-state index in [-0.39, 0.29) is 78.6 Å². The van der Waals surface area contributed by atoms with Gasteiger partial charge in [0.1, 0.15) is 5.82 Å². The summed E-state index contributed by atoms with van der Waals surface area (Å²) in [6, 6.07) is 76.5. The molecular formula is C122H172Cl5FO2. The van der Waals surface area contributed by atoms with Crippen LogP contribution in [0, 0.1) is 75.1 Å². The van der Waals surface area contributed by atoms with Crippen LogP contribution in [0.25, 0.3) is 0 Å². The van der Waals surface area contributed by atoms with Gasteiger partial charge in [0.25, 0.3) is 0 Å². The molecule has 714 valence electrons. The molecule has 130 heavy (non-hydrogen) atoms. The van der Waals surface area contributed by atoms with Crippen molar-refractivity contribution in [1.82, 2.24) is 0 Å². The highest BCUT2D eigenvalue weighted by molar-refractivity contribution is 6.36. The van der Waals surface area contributed by atoms with Crippen LogP contribution in [0.4, 0.5) is 4.39 Å². The zero-order valence-electron chi connectivity index (χ0n) is 88.9. The topological polar surface area (TPSA) is 40.5 Å². The van der Waals surface area contributed by atoms with Gasteiger partial charge in [-0.05, 0) is 265 Å². The van der Waals surface area contributed by atoms with Gasteiger partial charge in [-0.2, -0.15) is 0 Å². The Labute approximate surface area is 820 Å². The highest BCUT2D eigenvalue weighted by Gasteiger charge is 2.25. The van der Waals surface area contributed by atoms with Gasteiger partial charge in [0, 0.05) is 25.1 Å². The molecule has 2 nitrogen and oxygen atoms in total. The number of benzene rings is 11. The number of hydrogen-bond acceptors (Lipinski definition) is 2. The largest absolute Gasteiger partial charge is 0.392 e. The maximum Gasteiger partial charge on any atom is 0.127 e. The number of aliphatic hydroxyl groups excluding tert-OH is 2. The molecule has 11 aromatic carbocycles. The zero-order chi connectivity index (χ0) is 101. The summed E-state index contributed by atoms with van der Waals surface area (Å²) in [6.45, 7) is 92.9. The number of halogens is 6. The maximum atomic E-state index is 13.3. The minimum absolute atomic E-state index is 0.00935. The van der Waals surface area contributed by atoms with Crippen LogP contribution in [0.1, 0.15) is 356 Å². The van der Waals surface area contributed by atoms with Gasteiger partial charge in [0.2, 0.25) is 0 Å². The summed E-state index contributed by atoms with van der Waals surface area (Å²) in [7, 11) is 0. The summed E-state index contributed by atoms with van der Waals surface area (Å²) in [5.74, 6) is -0.0949. The van der Waals surface area contributed by atoms with Gasteiger partial charge in [-0.15, -0.1) is 0 Å². The molecule has 0 amide bonds. The molecule has 0 saturated heterocycles. The van der Waals surface area contributed by atoms with Gasteiger partial charge in [-0.3, -0.25) is 0 Å². The van der Waals surface area contributed by atoms with Crippen molar-refractivity contribution in [3.05, 3.63) is 383 Å². The van der Waals surface area contributed by atoms with Crippen molar-refractivity contribution in [3.63, 3.8) is 0 Å². The molecule has 11 aromatic rings. The van der Waals surface area contributed by atoms with E-state index in [0.29, 0.717) is 0 Å². The average Bonchev–Trinajstić information content (AvgIpc) is 0.830. The zero-order valence-corrected chi connectivity index (χ0v) is 92.7. The molecule has 0 saturated carbocycles. The van der Waals surface area contributed by atoms with Crippen LogP contribution in [0.3, 0.4) is 0 Å². The molecule has 0 radical (unpaired) electrons. The highest BCUT2D eigenvalue weighted by atomic mass is 35.5. The molecule has 0 bridgehead atoms. The Balaban J connectivity index is 0.000000715. The van der Waals surface area contributed by atoms with Crippen LogP contribution >= 0.6 is 58.0 Å². The number of rotatable bonds is 2. The predicted octanol–water partition coefficient (Wildman–Crippen LogP) is 38.3. The molecule has 0 aromatic heterocycles. The number of aliphatic hydroxyl groups is 2. The van der Waals surface area contributed by atoms with Crippen LogP contribution in [0.5, 0.6) is 0 Å². The van der Waals surface area contributed by atoms with Crippen LogP contribution in [0.2, 0.25) is 25.1 Å². The Bertz CT molecular complexity index is 5010. The molecule has 0 spiro atoms. The van der Waals surface area contributed by atoms with Crippen molar-refractivity contribution >= 4 is 58.0 Å². The molecule has 0 unspecified atom stereocenters. The summed E-state index contributed by atoms with van der Waals surface area (Å²) < 4.78 is 13.3. The second-order valence-corrected chi connectivity index (χ2v) is 48.2. The van der Waals surface area contributed by atoms with Gasteiger partial charge >= 0.3 is 0 Å². The van der Waals surface area contributed by atoms with E-state index >= 15 is 0 Å². The van der Waals surface area contributed by atoms with Crippen molar-refractivity contribution in [1.29, 1.82) is 0 Å². The van der Waals surface area contributed by atoms with Gasteiger partial charge < -0.3 is 10.2 Å². The quantitative estimate of drug-likeness (QED) is 0.181. The lowest BCUT2D eigenvalue weighted by molar-refractivity contribution is 0.278. The third-order valence-electron chi connectivity index (χ3n) is 21.8. The normalized spacial score (nSPS) is 11.7. The highest BCUT2D eigenvalue weighted by Crippen LogP contribution is 2.38.